The van der Waals surface area contributed by atoms with Crippen LogP contribution in [0.15, 0.2) is 30.3 Å². The molecule has 126 valence electrons. The zero-order valence-corrected chi connectivity index (χ0v) is 14.9. The van der Waals surface area contributed by atoms with Gasteiger partial charge in [-0.25, -0.2) is 0 Å². The van der Waals surface area contributed by atoms with Crippen LogP contribution in [-0.2, 0) is 11.3 Å². The highest BCUT2D eigenvalue weighted by atomic mass is 35.5. The highest BCUT2D eigenvalue weighted by Crippen LogP contribution is 2.19. The molecule has 0 bridgehead atoms. The minimum absolute atomic E-state index is 0. The standard InChI is InChI=1S/C16H25N3O.2ClH/c1-16(2,17)15(20)18-11-14-9-6-10-19(14)12-13-7-4-3-5-8-13;;/h3-5,7-8,14H,6,9-12,17H2,1-2H3,(H,18,20);2*1H. The van der Waals surface area contributed by atoms with Crippen LogP contribution in [0.1, 0.15) is 32.3 Å². The number of carbonyl (C=O) groups excluding carboxylic acids is 1. The molecule has 1 atom stereocenters. The number of halogens is 2. The van der Waals surface area contributed by atoms with Gasteiger partial charge in [-0.2, -0.15) is 0 Å². The third-order valence-corrected chi connectivity index (χ3v) is 3.81. The predicted octanol–water partition coefficient (Wildman–Crippen LogP) is 2.35. The van der Waals surface area contributed by atoms with Gasteiger partial charge >= 0.3 is 0 Å². The van der Waals surface area contributed by atoms with E-state index in [-0.39, 0.29) is 30.7 Å². The van der Waals surface area contributed by atoms with Crippen LogP contribution in [0.2, 0.25) is 0 Å². The van der Waals surface area contributed by atoms with Crippen molar-refractivity contribution < 1.29 is 4.79 Å². The lowest BCUT2D eigenvalue weighted by atomic mass is 10.1. The van der Waals surface area contributed by atoms with Gasteiger partial charge in [0, 0.05) is 19.1 Å². The average Bonchev–Trinajstić information content (AvgIpc) is 2.83. The van der Waals surface area contributed by atoms with Gasteiger partial charge in [0.05, 0.1) is 5.54 Å². The van der Waals surface area contributed by atoms with Gasteiger partial charge in [0.2, 0.25) is 5.91 Å². The zero-order chi connectivity index (χ0) is 14.6. The summed E-state index contributed by atoms with van der Waals surface area (Å²) in [6, 6.07) is 10.9. The maximum Gasteiger partial charge on any atom is 0.239 e. The number of nitrogens with one attached hydrogen (secondary N) is 1. The van der Waals surface area contributed by atoms with Crippen molar-refractivity contribution in [2.45, 2.75) is 44.8 Å². The van der Waals surface area contributed by atoms with Gasteiger partial charge in [-0.3, -0.25) is 9.69 Å². The van der Waals surface area contributed by atoms with E-state index in [0.717, 1.165) is 19.5 Å². The summed E-state index contributed by atoms with van der Waals surface area (Å²) in [5.41, 5.74) is 6.32. The number of likely N-dealkylation sites (tertiary alicyclic amines) is 1. The second-order valence-electron chi connectivity index (χ2n) is 6.18. The normalized spacial score (nSPS) is 18.2. The Morgan fingerprint density at radius 3 is 2.55 bits per heavy atom. The third-order valence-electron chi connectivity index (χ3n) is 3.81. The number of carbonyl (C=O) groups is 1. The van der Waals surface area contributed by atoms with Crippen molar-refractivity contribution >= 4 is 30.7 Å². The largest absolute Gasteiger partial charge is 0.353 e. The molecule has 1 aliphatic heterocycles. The average molecular weight is 348 g/mol. The molecule has 0 saturated carbocycles. The summed E-state index contributed by atoms with van der Waals surface area (Å²) in [6.45, 7) is 6.21. The molecule has 1 saturated heterocycles. The molecule has 1 aromatic rings. The summed E-state index contributed by atoms with van der Waals surface area (Å²) in [5.74, 6) is -0.0796. The van der Waals surface area contributed by atoms with Gasteiger partial charge in [0.15, 0.2) is 0 Å². The SMILES string of the molecule is CC(C)(N)C(=O)NCC1CCCN1Cc1ccccc1.Cl.Cl. The Bertz CT molecular complexity index is 448. The van der Waals surface area contributed by atoms with Crippen molar-refractivity contribution in [1.82, 2.24) is 10.2 Å². The lowest BCUT2D eigenvalue weighted by Gasteiger charge is -2.26. The van der Waals surface area contributed by atoms with Crippen molar-refractivity contribution in [2.24, 2.45) is 5.73 Å². The molecule has 6 heteroatoms. The fourth-order valence-corrected chi connectivity index (χ4v) is 2.59. The maximum absolute atomic E-state index is 11.8. The Kier molecular flexibility index (Phi) is 9.01. The molecule has 0 radical (unpaired) electrons. The number of nitrogens with two attached hydrogens (primary N) is 1. The lowest BCUT2D eigenvalue weighted by molar-refractivity contribution is -0.125. The topological polar surface area (TPSA) is 58.4 Å². The third kappa shape index (κ3) is 6.13. The van der Waals surface area contributed by atoms with Crippen molar-refractivity contribution in [3.8, 4) is 0 Å². The van der Waals surface area contributed by atoms with Crippen molar-refractivity contribution in [3.63, 3.8) is 0 Å². The first-order valence-corrected chi connectivity index (χ1v) is 7.32. The Hall–Kier alpha value is -0.810. The molecule has 3 N–H and O–H groups in total. The van der Waals surface area contributed by atoms with E-state index >= 15 is 0 Å². The Balaban J connectivity index is 0.00000220. The number of hydrogen-bond acceptors (Lipinski definition) is 3. The smallest absolute Gasteiger partial charge is 0.239 e. The molecule has 4 nitrogen and oxygen atoms in total. The molecule has 1 heterocycles. The van der Waals surface area contributed by atoms with Crippen LogP contribution in [0.4, 0.5) is 0 Å². The Morgan fingerprint density at radius 1 is 1.32 bits per heavy atom. The highest BCUT2D eigenvalue weighted by molar-refractivity contribution is 5.85. The van der Waals surface area contributed by atoms with Gasteiger partial charge in [-0.15, -0.1) is 24.8 Å². The zero-order valence-electron chi connectivity index (χ0n) is 13.2. The minimum Gasteiger partial charge on any atom is -0.353 e. The van der Waals surface area contributed by atoms with Crippen LogP contribution in [0.3, 0.4) is 0 Å². The van der Waals surface area contributed by atoms with Crippen LogP contribution in [0.25, 0.3) is 0 Å². The molecule has 22 heavy (non-hydrogen) atoms. The van der Waals surface area contributed by atoms with E-state index in [9.17, 15) is 4.79 Å². The quantitative estimate of drug-likeness (QED) is 0.859. The molecule has 1 aromatic carbocycles. The number of nitrogens with zero attached hydrogens (tertiary/aromatic N) is 1. The van der Waals surface area contributed by atoms with E-state index in [1.807, 2.05) is 6.07 Å². The molecular formula is C16H27Cl2N3O. The van der Waals surface area contributed by atoms with Gasteiger partial charge in [0.25, 0.3) is 0 Å². The maximum atomic E-state index is 11.8. The van der Waals surface area contributed by atoms with E-state index < -0.39 is 5.54 Å². The molecule has 2 rings (SSSR count). The fraction of sp³-hybridized carbons (Fsp3) is 0.562. The van der Waals surface area contributed by atoms with E-state index in [1.54, 1.807) is 13.8 Å². The number of hydrogen-bond donors (Lipinski definition) is 2. The molecule has 1 amide bonds. The van der Waals surface area contributed by atoms with E-state index in [2.05, 4.69) is 34.5 Å². The van der Waals surface area contributed by atoms with Crippen LogP contribution in [0.5, 0.6) is 0 Å². The summed E-state index contributed by atoms with van der Waals surface area (Å²) < 4.78 is 0. The second kappa shape index (κ2) is 9.36. The van der Waals surface area contributed by atoms with Crippen LogP contribution in [0, 0.1) is 0 Å². The van der Waals surface area contributed by atoms with Crippen molar-refractivity contribution in [2.75, 3.05) is 13.1 Å². The lowest BCUT2D eigenvalue weighted by Crippen LogP contribution is -2.51. The highest BCUT2D eigenvalue weighted by Gasteiger charge is 2.27. The van der Waals surface area contributed by atoms with Gasteiger partial charge in [-0.1, -0.05) is 30.3 Å². The molecule has 0 spiro atoms. The van der Waals surface area contributed by atoms with E-state index in [1.165, 1.54) is 12.0 Å². The van der Waals surface area contributed by atoms with E-state index in [0.29, 0.717) is 12.6 Å². The molecule has 1 unspecified atom stereocenters. The first-order valence-electron chi connectivity index (χ1n) is 7.32. The summed E-state index contributed by atoms with van der Waals surface area (Å²) in [4.78, 5) is 14.3. The molecule has 1 fully saturated rings. The van der Waals surface area contributed by atoms with Crippen molar-refractivity contribution in [3.05, 3.63) is 35.9 Å². The second-order valence-corrected chi connectivity index (χ2v) is 6.18. The summed E-state index contributed by atoms with van der Waals surface area (Å²) in [6.07, 6.45) is 2.33. The van der Waals surface area contributed by atoms with Gasteiger partial charge in [-0.05, 0) is 38.8 Å². The van der Waals surface area contributed by atoms with Crippen LogP contribution in [-0.4, -0.2) is 35.5 Å². The summed E-state index contributed by atoms with van der Waals surface area (Å²) in [5, 5.41) is 2.97. The monoisotopic (exact) mass is 347 g/mol. The number of rotatable bonds is 5. The first-order chi connectivity index (χ1) is 9.47. The Morgan fingerprint density at radius 2 is 1.95 bits per heavy atom. The fourth-order valence-electron chi connectivity index (χ4n) is 2.59. The van der Waals surface area contributed by atoms with Crippen molar-refractivity contribution in [1.29, 1.82) is 0 Å². The first kappa shape index (κ1) is 21.2. The van der Waals surface area contributed by atoms with Crippen LogP contribution >= 0.6 is 24.8 Å². The molecular weight excluding hydrogens is 321 g/mol. The summed E-state index contributed by atoms with van der Waals surface area (Å²) in [7, 11) is 0. The number of amides is 1. The number of benzene rings is 1. The molecule has 0 aromatic heterocycles. The minimum atomic E-state index is -0.803. The molecule has 1 aliphatic rings. The Labute approximate surface area is 145 Å². The van der Waals surface area contributed by atoms with Crippen LogP contribution < -0.4 is 11.1 Å². The summed E-state index contributed by atoms with van der Waals surface area (Å²) >= 11 is 0. The predicted molar refractivity (Wildman–Crippen MR) is 95.6 cm³/mol. The molecule has 0 aliphatic carbocycles. The van der Waals surface area contributed by atoms with Gasteiger partial charge < -0.3 is 11.1 Å². The van der Waals surface area contributed by atoms with Gasteiger partial charge in [0.1, 0.15) is 0 Å². The van der Waals surface area contributed by atoms with E-state index in [4.69, 9.17) is 5.73 Å².